The van der Waals surface area contributed by atoms with E-state index >= 15 is 0 Å². The lowest BCUT2D eigenvalue weighted by atomic mass is 9.93. The Balaban J connectivity index is 4.58. The molecule has 0 aliphatic rings. The average Bonchev–Trinajstić information content (AvgIpc) is 2.12. The second-order valence-corrected chi connectivity index (χ2v) is 4.11. The number of hydrogen-bond acceptors (Lipinski definition) is 3. The molecule has 5 nitrogen and oxygen atoms in total. The van der Waals surface area contributed by atoms with Gasteiger partial charge in [0.05, 0.1) is 0 Å². The highest BCUT2D eigenvalue weighted by molar-refractivity contribution is 5.75. The van der Waals surface area contributed by atoms with Crippen LogP contribution in [-0.2, 0) is 4.84 Å². The Hall–Kier alpha value is -1.49. The fourth-order valence-electron chi connectivity index (χ4n) is 0.830. The Kier molecular flexibility index (Phi) is 4.87. The molecule has 0 fully saturated rings. The summed E-state index contributed by atoms with van der Waals surface area (Å²) in [5.41, 5.74) is 0.187. The molecule has 0 rings (SSSR count). The molecule has 0 aromatic heterocycles. The quantitative estimate of drug-likeness (QED) is 0.375. The highest BCUT2D eigenvalue weighted by Gasteiger charge is 2.18. The minimum atomic E-state index is -0.332. The SMILES string of the molecule is C=C(/C=C(\ON)C(C)(C)C)NC(=O)NC. The third-order valence-electron chi connectivity index (χ3n) is 1.67. The predicted molar refractivity (Wildman–Crippen MR) is 59.5 cm³/mol. The van der Waals surface area contributed by atoms with Gasteiger partial charge in [-0.3, -0.25) is 0 Å². The van der Waals surface area contributed by atoms with E-state index in [2.05, 4.69) is 17.2 Å². The number of rotatable bonds is 3. The van der Waals surface area contributed by atoms with Crippen molar-refractivity contribution in [3.05, 3.63) is 24.1 Å². The van der Waals surface area contributed by atoms with Gasteiger partial charge in [-0.1, -0.05) is 27.4 Å². The van der Waals surface area contributed by atoms with Gasteiger partial charge in [0.25, 0.3) is 0 Å². The minimum absolute atomic E-state index is 0.234. The highest BCUT2D eigenvalue weighted by Crippen LogP contribution is 2.25. The topological polar surface area (TPSA) is 76.4 Å². The van der Waals surface area contributed by atoms with Crippen LogP contribution in [0.2, 0.25) is 0 Å². The number of urea groups is 1. The van der Waals surface area contributed by atoms with Gasteiger partial charge in [0.2, 0.25) is 0 Å². The molecule has 86 valence electrons. The Labute approximate surface area is 90.3 Å². The van der Waals surface area contributed by atoms with Crippen molar-refractivity contribution in [2.24, 2.45) is 11.3 Å². The Bertz CT molecular complexity index is 277. The van der Waals surface area contributed by atoms with E-state index in [1.165, 1.54) is 7.05 Å². The molecule has 0 saturated carbocycles. The van der Waals surface area contributed by atoms with Crippen molar-refractivity contribution in [1.29, 1.82) is 0 Å². The molecule has 0 saturated heterocycles. The van der Waals surface area contributed by atoms with Crippen molar-refractivity contribution in [2.45, 2.75) is 20.8 Å². The first-order chi connectivity index (χ1) is 6.81. The van der Waals surface area contributed by atoms with Crippen LogP contribution in [-0.4, -0.2) is 13.1 Å². The maximum absolute atomic E-state index is 11.0. The monoisotopic (exact) mass is 213 g/mol. The fraction of sp³-hybridized carbons (Fsp3) is 0.500. The molecule has 0 aromatic rings. The van der Waals surface area contributed by atoms with Crippen LogP contribution in [0.25, 0.3) is 0 Å². The molecule has 0 spiro atoms. The molecule has 0 unspecified atom stereocenters. The zero-order chi connectivity index (χ0) is 12.1. The maximum atomic E-state index is 11.0. The molecule has 15 heavy (non-hydrogen) atoms. The molecule has 0 bridgehead atoms. The predicted octanol–water partition coefficient (Wildman–Crippen LogP) is 1.25. The smallest absolute Gasteiger partial charge is 0.318 e. The summed E-state index contributed by atoms with van der Waals surface area (Å²) in [7, 11) is 1.52. The number of nitrogens with one attached hydrogen (secondary N) is 2. The molecule has 0 radical (unpaired) electrons. The van der Waals surface area contributed by atoms with Gasteiger partial charge in [0.1, 0.15) is 5.76 Å². The van der Waals surface area contributed by atoms with Crippen LogP contribution in [0.3, 0.4) is 0 Å². The number of amides is 2. The van der Waals surface area contributed by atoms with Crippen molar-refractivity contribution in [3.63, 3.8) is 0 Å². The zero-order valence-electron chi connectivity index (χ0n) is 9.68. The lowest BCUT2D eigenvalue weighted by molar-refractivity contribution is 0.155. The van der Waals surface area contributed by atoms with Crippen molar-refractivity contribution < 1.29 is 9.63 Å². The largest absolute Gasteiger partial charge is 0.415 e. The highest BCUT2D eigenvalue weighted by atomic mass is 16.6. The first-order valence-electron chi connectivity index (χ1n) is 4.57. The molecule has 0 aliphatic heterocycles. The Morgan fingerprint density at radius 3 is 2.33 bits per heavy atom. The third-order valence-corrected chi connectivity index (χ3v) is 1.67. The van der Waals surface area contributed by atoms with Crippen LogP contribution in [0.15, 0.2) is 24.1 Å². The summed E-state index contributed by atoms with van der Waals surface area (Å²) < 4.78 is 0. The van der Waals surface area contributed by atoms with Crippen LogP contribution in [0.1, 0.15) is 20.8 Å². The van der Waals surface area contributed by atoms with Crippen LogP contribution in [0.5, 0.6) is 0 Å². The molecule has 0 atom stereocenters. The summed E-state index contributed by atoms with van der Waals surface area (Å²) in [6, 6.07) is -0.332. The normalized spacial score (nSPS) is 11.9. The molecule has 0 aliphatic carbocycles. The van der Waals surface area contributed by atoms with Gasteiger partial charge < -0.3 is 15.5 Å². The molecule has 2 amide bonds. The number of carbonyl (C=O) groups excluding carboxylic acids is 1. The molecular weight excluding hydrogens is 194 g/mol. The van der Waals surface area contributed by atoms with E-state index in [0.717, 1.165) is 0 Å². The second kappa shape index (κ2) is 5.41. The average molecular weight is 213 g/mol. The summed E-state index contributed by atoms with van der Waals surface area (Å²) in [5, 5.41) is 4.92. The van der Waals surface area contributed by atoms with Gasteiger partial charge in [-0.15, -0.1) is 0 Å². The number of nitrogens with two attached hydrogens (primary N) is 1. The van der Waals surface area contributed by atoms with Crippen molar-refractivity contribution in [3.8, 4) is 0 Å². The van der Waals surface area contributed by atoms with Gasteiger partial charge >= 0.3 is 6.03 Å². The van der Waals surface area contributed by atoms with E-state index in [9.17, 15) is 4.79 Å². The van der Waals surface area contributed by atoms with Crippen LogP contribution in [0.4, 0.5) is 4.79 Å². The summed E-state index contributed by atoms with van der Waals surface area (Å²) in [5.74, 6) is 5.68. The van der Waals surface area contributed by atoms with E-state index in [1.807, 2.05) is 20.8 Å². The standard InChI is InChI=1S/C10H19N3O2/c1-7(13-9(14)12-5)6-8(15-11)10(2,3)4/h6H,1,11H2,2-5H3,(H2,12,13,14)/b8-6-. The summed E-state index contributed by atoms with van der Waals surface area (Å²) >= 11 is 0. The summed E-state index contributed by atoms with van der Waals surface area (Å²) in [6.45, 7) is 9.49. The Morgan fingerprint density at radius 2 is 2.00 bits per heavy atom. The molecule has 0 heterocycles. The van der Waals surface area contributed by atoms with E-state index in [4.69, 9.17) is 10.7 Å². The molecule has 5 heteroatoms. The molecule has 0 aromatic carbocycles. The number of allylic oxidation sites excluding steroid dienone is 2. The maximum Gasteiger partial charge on any atom is 0.318 e. The van der Waals surface area contributed by atoms with Crippen LogP contribution in [0, 0.1) is 5.41 Å². The lowest BCUT2D eigenvalue weighted by Gasteiger charge is -2.20. The van der Waals surface area contributed by atoms with Crippen molar-refractivity contribution in [1.82, 2.24) is 10.6 Å². The minimum Gasteiger partial charge on any atom is -0.415 e. The van der Waals surface area contributed by atoms with Crippen LogP contribution >= 0.6 is 0 Å². The third kappa shape index (κ3) is 5.07. The van der Waals surface area contributed by atoms with Crippen molar-refractivity contribution >= 4 is 6.03 Å². The second-order valence-electron chi connectivity index (χ2n) is 4.11. The van der Waals surface area contributed by atoms with E-state index in [1.54, 1.807) is 6.08 Å². The molecular formula is C10H19N3O2. The zero-order valence-corrected chi connectivity index (χ0v) is 9.68. The summed E-state index contributed by atoms with van der Waals surface area (Å²) in [4.78, 5) is 15.7. The Morgan fingerprint density at radius 1 is 1.47 bits per heavy atom. The van der Waals surface area contributed by atoms with Gasteiger partial charge in [0, 0.05) is 24.2 Å². The summed E-state index contributed by atoms with van der Waals surface area (Å²) in [6.07, 6.45) is 1.59. The van der Waals surface area contributed by atoms with E-state index in [0.29, 0.717) is 11.5 Å². The van der Waals surface area contributed by atoms with Crippen LogP contribution < -0.4 is 16.5 Å². The number of carbonyl (C=O) groups is 1. The van der Waals surface area contributed by atoms with Gasteiger partial charge in [-0.2, -0.15) is 5.90 Å². The first-order valence-corrected chi connectivity index (χ1v) is 4.57. The first kappa shape index (κ1) is 13.5. The number of hydrogen-bond donors (Lipinski definition) is 3. The lowest BCUT2D eigenvalue weighted by Crippen LogP contribution is -2.31. The fourth-order valence-corrected chi connectivity index (χ4v) is 0.830. The van der Waals surface area contributed by atoms with Crippen molar-refractivity contribution in [2.75, 3.05) is 7.05 Å². The van der Waals surface area contributed by atoms with Gasteiger partial charge in [-0.25, -0.2) is 4.79 Å². The molecule has 4 N–H and O–H groups in total. The van der Waals surface area contributed by atoms with Gasteiger partial charge in [-0.05, 0) is 0 Å². The van der Waals surface area contributed by atoms with Gasteiger partial charge in [0.15, 0.2) is 0 Å². The van der Waals surface area contributed by atoms with E-state index < -0.39 is 0 Å². The van der Waals surface area contributed by atoms with E-state index in [-0.39, 0.29) is 11.4 Å².